The first-order valence-corrected chi connectivity index (χ1v) is 8.67. The number of carbonyl (C=O) groups excluding carboxylic acids is 1. The molecule has 1 unspecified atom stereocenters. The molecule has 2 aromatic rings. The van der Waals surface area contributed by atoms with Gasteiger partial charge < -0.3 is 14.8 Å². The van der Waals surface area contributed by atoms with Gasteiger partial charge in [-0.25, -0.2) is 0 Å². The van der Waals surface area contributed by atoms with Gasteiger partial charge in [0.2, 0.25) is 0 Å². The molecule has 1 amide bonds. The Morgan fingerprint density at radius 3 is 2.73 bits per heavy atom. The van der Waals surface area contributed by atoms with Crippen LogP contribution in [0.4, 0.5) is 5.69 Å². The van der Waals surface area contributed by atoms with E-state index in [1.54, 1.807) is 43.5 Å². The van der Waals surface area contributed by atoms with Crippen LogP contribution in [0, 0.1) is 0 Å². The maximum atomic E-state index is 13.0. The molecule has 1 atom stereocenters. The molecule has 26 heavy (non-hydrogen) atoms. The number of halogens is 2. The highest BCUT2D eigenvalue weighted by Gasteiger charge is 2.32. The molecule has 0 saturated carbocycles. The lowest BCUT2D eigenvalue weighted by Gasteiger charge is -2.17. The second kappa shape index (κ2) is 7.96. The molecule has 1 aliphatic rings. The third kappa shape index (κ3) is 3.63. The van der Waals surface area contributed by atoms with Crippen LogP contribution in [0.15, 0.2) is 66.3 Å². The lowest BCUT2D eigenvalue weighted by molar-refractivity contribution is -0.113. The highest BCUT2D eigenvalue weighted by molar-refractivity contribution is 6.42. The average Bonchev–Trinajstić information content (AvgIpc) is 3.08. The van der Waals surface area contributed by atoms with Crippen LogP contribution >= 0.6 is 23.2 Å². The van der Waals surface area contributed by atoms with Crippen LogP contribution in [0.1, 0.15) is 11.7 Å². The highest BCUT2D eigenvalue weighted by atomic mass is 35.5. The van der Waals surface area contributed by atoms with Gasteiger partial charge in [0.05, 0.1) is 35.0 Å². The van der Waals surface area contributed by atoms with E-state index in [0.29, 0.717) is 33.7 Å². The minimum atomic E-state index is -0.549. The summed E-state index contributed by atoms with van der Waals surface area (Å²) in [6.07, 6.45) is 1.08. The number of anilines is 1. The SMILES string of the molecule is C=CC1=C(C(=O)Nc2ccccc2OC)C(c2ccc(Cl)c(Cl)c2)OC1. The van der Waals surface area contributed by atoms with E-state index in [4.69, 9.17) is 32.7 Å². The van der Waals surface area contributed by atoms with Crippen molar-refractivity contribution in [3.63, 3.8) is 0 Å². The smallest absolute Gasteiger partial charge is 0.255 e. The summed E-state index contributed by atoms with van der Waals surface area (Å²) in [6.45, 7) is 4.08. The Bertz CT molecular complexity index is 892. The van der Waals surface area contributed by atoms with Gasteiger partial charge in [-0.15, -0.1) is 0 Å². The second-order valence-corrected chi connectivity index (χ2v) is 6.48. The van der Waals surface area contributed by atoms with Gasteiger partial charge in [0.15, 0.2) is 0 Å². The fourth-order valence-electron chi connectivity index (χ4n) is 2.81. The molecule has 0 saturated heterocycles. The Kier molecular flexibility index (Phi) is 5.67. The number of hydrogen-bond acceptors (Lipinski definition) is 3. The molecule has 0 radical (unpaired) electrons. The van der Waals surface area contributed by atoms with Crippen LogP contribution in [0.5, 0.6) is 5.75 Å². The average molecular weight is 390 g/mol. The van der Waals surface area contributed by atoms with E-state index in [1.807, 2.05) is 12.1 Å². The predicted octanol–water partition coefficient (Wildman–Crippen LogP) is 5.19. The van der Waals surface area contributed by atoms with Crippen molar-refractivity contribution in [2.45, 2.75) is 6.10 Å². The zero-order valence-corrected chi connectivity index (χ0v) is 15.6. The van der Waals surface area contributed by atoms with Crippen molar-refractivity contribution in [3.8, 4) is 5.75 Å². The number of hydrogen-bond donors (Lipinski definition) is 1. The molecule has 1 aliphatic heterocycles. The minimum Gasteiger partial charge on any atom is -0.495 e. The molecule has 0 spiro atoms. The third-order valence-electron chi connectivity index (χ3n) is 4.11. The summed E-state index contributed by atoms with van der Waals surface area (Å²) in [5, 5.41) is 3.74. The first-order valence-electron chi connectivity index (χ1n) is 7.91. The van der Waals surface area contributed by atoms with Gasteiger partial charge in [-0.2, -0.15) is 0 Å². The predicted molar refractivity (Wildman–Crippen MR) is 104 cm³/mol. The summed E-state index contributed by atoms with van der Waals surface area (Å²) in [5.41, 5.74) is 2.55. The first kappa shape index (κ1) is 18.5. The van der Waals surface area contributed by atoms with Gasteiger partial charge in [0, 0.05) is 0 Å². The highest BCUT2D eigenvalue weighted by Crippen LogP contribution is 2.38. The number of carbonyl (C=O) groups is 1. The number of methoxy groups -OCH3 is 1. The van der Waals surface area contributed by atoms with Gasteiger partial charge in [-0.3, -0.25) is 4.79 Å². The van der Waals surface area contributed by atoms with Gasteiger partial charge >= 0.3 is 0 Å². The molecular formula is C20H17Cl2NO3. The summed E-state index contributed by atoms with van der Waals surface area (Å²) >= 11 is 12.1. The first-order chi connectivity index (χ1) is 12.5. The number of ether oxygens (including phenoxy) is 2. The largest absolute Gasteiger partial charge is 0.495 e. The molecule has 6 heteroatoms. The van der Waals surface area contributed by atoms with Crippen molar-refractivity contribution in [3.05, 3.63) is 81.9 Å². The van der Waals surface area contributed by atoms with E-state index in [1.165, 1.54) is 0 Å². The molecule has 0 fully saturated rings. The maximum Gasteiger partial charge on any atom is 0.255 e. The minimum absolute atomic E-state index is 0.280. The second-order valence-electron chi connectivity index (χ2n) is 5.66. The van der Waals surface area contributed by atoms with Crippen molar-refractivity contribution in [1.29, 1.82) is 0 Å². The molecular weight excluding hydrogens is 373 g/mol. The fraction of sp³-hybridized carbons (Fsp3) is 0.150. The topological polar surface area (TPSA) is 47.6 Å². The number of amides is 1. The van der Waals surface area contributed by atoms with Crippen molar-refractivity contribution in [1.82, 2.24) is 0 Å². The Morgan fingerprint density at radius 1 is 1.27 bits per heavy atom. The summed E-state index contributed by atoms with van der Waals surface area (Å²) in [7, 11) is 1.55. The van der Waals surface area contributed by atoms with Crippen molar-refractivity contribution < 1.29 is 14.3 Å². The van der Waals surface area contributed by atoms with Gasteiger partial charge in [0.1, 0.15) is 11.9 Å². The molecule has 4 nitrogen and oxygen atoms in total. The van der Waals surface area contributed by atoms with E-state index in [2.05, 4.69) is 11.9 Å². The van der Waals surface area contributed by atoms with Crippen LogP contribution < -0.4 is 10.1 Å². The van der Waals surface area contributed by atoms with E-state index in [-0.39, 0.29) is 5.91 Å². The van der Waals surface area contributed by atoms with Crippen LogP contribution in [-0.4, -0.2) is 19.6 Å². The molecule has 134 valence electrons. The molecule has 1 heterocycles. The molecule has 0 bridgehead atoms. The summed E-state index contributed by atoms with van der Waals surface area (Å²) < 4.78 is 11.1. The summed E-state index contributed by atoms with van der Waals surface area (Å²) in [4.78, 5) is 13.0. The third-order valence-corrected chi connectivity index (χ3v) is 4.85. The number of nitrogens with one attached hydrogen (secondary N) is 1. The fourth-order valence-corrected chi connectivity index (χ4v) is 3.12. The molecule has 1 N–H and O–H groups in total. The zero-order chi connectivity index (χ0) is 18.7. The van der Waals surface area contributed by atoms with E-state index in [9.17, 15) is 4.79 Å². The monoisotopic (exact) mass is 389 g/mol. The van der Waals surface area contributed by atoms with Crippen molar-refractivity contribution in [2.75, 3.05) is 19.0 Å². The van der Waals surface area contributed by atoms with E-state index < -0.39 is 6.10 Å². The summed E-state index contributed by atoms with van der Waals surface area (Å²) in [5.74, 6) is 0.296. The lowest BCUT2D eigenvalue weighted by atomic mass is 9.98. The zero-order valence-electron chi connectivity index (χ0n) is 14.1. The van der Waals surface area contributed by atoms with Crippen molar-refractivity contribution >= 4 is 34.8 Å². The molecule has 3 rings (SSSR count). The van der Waals surface area contributed by atoms with Gasteiger partial charge in [-0.05, 0) is 35.4 Å². The number of rotatable bonds is 5. The van der Waals surface area contributed by atoms with Gasteiger partial charge in [0.25, 0.3) is 5.91 Å². The molecule has 0 aliphatic carbocycles. The Hall–Kier alpha value is -2.27. The van der Waals surface area contributed by atoms with Crippen LogP contribution in [0.3, 0.4) is 0 Å². The van der Waals surface area contributed by atoms with E-state index >= 15 is 0 Å². The van der Waals surface area contributed by atoms with Crippen molar-refractivity contribution in [2.24, 2.45) is 0 Å². The normalized spacial score (nSPS) is 16.5. The summed E-state index contributed by atoms with van der Waals surface area (Å²) in [6, 6.07) is 12.4. The quantitative estimate of drug-likeness (QED) is 0.764. The number of para-hydroxylation sites is 2. The maximum absolute atomic E-state index is 13.0. The van der Waals surface area contributed by atoms with Crippen LogP contribution in [-0.2, 0) is 9.53 Å². The van der Waals surface area contributed by atoms with Crippen LogP contribution in [0.25, 0.3) is 0 Å². The Balaban J connectivity index is 1.94. The standard InChI is InChI=1S/C20H17Cl2NO3/c1-3-12-11-26-19(13-8-9-14(21)15(22)10-13)18(12)20(24)23-16-6-4-5-7-17(16)25-2/h3-10,19H,1,11H2,2H3,(H,23,24). The molecule has 2 aromatic carbocycles. The Morgan fingerprint density at radius 2 is 2.04 bits per heavy atom. The van der Waals surface area contributed by atoms with Gasteiger partial charge in [-0.1, -0.05) is 54.1 Å². The van der Waals surface area contributed by atoms with E-state index in [0.717, 1.165) is 11.1 Å². The number of benzene rings is 2. The Labute approximate surface area is 162 Å². The van der Waals surface area contributed by atoms with Crippen LogP contribution in [0.2, 0.25) is 10.0 Å². The molecule has 0 aromatic heterocycles. The lowest BCUT2D eigenvalue weighted by Crippen LogP contribution is -2.19.